The van der Waals surface area contributed by atoms with Crippen LogP contribution in [0.5, 0.6) is 0 Å². The number of benzene rings is 1. The molecule has 17 heavy (non-hydrogen) atoms. The van der Waals surface area contributed by atoms with Crippen molar-refractivity contribution < 1.29 is 4.99 Å². The fourth-order valence-corrected chi connectivity index (χ4v) is 1.89. The molecule has 3 nitrogen and oxygen atoms in total. The van der Waals surface area contributed by atoms with Crippen molar-refractivity contribution in [2.75, 3.05) is 6.54 Å². The molecular formula is C13H17ClN3+. The first-order valence-electron chi connectivity index (χ1n) is 5.99. The molecule has 0 aliphatic carbocycles. The monoisotopic (exact) mass is 250 g/mol. The van der Waals surface area contributed by atoms with E-state index in [1.807, 2.05) is 24.3 Å². The molecule has 0 unspecified atom stereocenters. The maximum absolute atomic E-state index is 5.81. The van der Waals surface area contributed by atoms with Gasteiger partial charge in [0.15, 0.2) is 0 Å². The van der Waals surface area contributed by atoms with Gasteiger partial charge in [0.25, 0.3) is 5.84 Å². The van der Waals surface area contributed by atoms with Gasteiger partial charge in [0.2, 0.25) is 0 Å². The Balaban J connectivity index is 1.88. The Bertz CT molecular complexity index is 409. The minimum absolute atomic E-state index is 0.745. The fourth-order valence-electron chi connectivity index (χ4n) is 1.76. The molecular weight excluding hydrogens is 234 g/mol. The summed E-state index contributed by atoms with van der Waals surface area (Å²) >= 11 is 5.81. The van der Waals surface area contributed by atoms with Gasteiger partial charge in [-0.05, 0) is 37.0 Å². The van der Waals surface area contributed by atoms with Crippen LogP contribution in [0.1, 0.15) is 31.2 Å². The predicted molar refractivity (Wildman–Crippen MR) is 71.5 cm³/mol. The van der Waals surface area contributed by atoms with E-state index in [2.05, 4.69) is 15.5 Å². The van der Waals surface area contributed by atoms with Crippen LogP contribution in [0.4, 0.5) is 0 Å². The number of rotatable bonds is 2. The molecule has 0 saturated heterocycles. The van der Waals surface area contributed by atoms with E-state index in [0.29, 0.717) is 0 Å². The van der Waals surface area contributed by atoms with Crippen LogP contribution in [0.3, 0.4) is 0 Å². The number of nitrogens with zero attached hydrogens (tertiary/aromatic N) is 1. The highest BCUT2D eigenvalue weighted by Gasteiger charge is 2.07. The summed E-state index contributed by atoms with van der Waals surface area (Å²) in [6, 6.07) is 7.61. The van der Waals surface area contributed by atoms with E-state index in [0.717, 1.165) is 29.4 Å². The average molecular weight is 251 g/mol. The smallest absolute Gasteiger partial charge is 0.267 e. The number of nitrogens with one attached hydrogen (secondary N) is 2. The average Bonchev–Trinajstić information content (AvgIpc) is 2.60. The van der Waals surface area contributed by atoms with Crippen molar-refractivity contribution in [2.45, 2.75) is 25.7 Å². The number of hydrazone groups is 1. The van der Waals surface area contributed by atoms with Gasteiger partial charge in [-0.1, -0.05) is 28.8 Å². The number of amidine groups is 1. The molecule has 0 amide bonds. The molecule has 90 valence electrons. The number of hydrogen-bond donors (Lipinski definition) is 2. The molecule has 1 aromatic carbocycles. The minimum Gasteiger partial charge on any atom is -0.277 e. The Hall–Kier alpha value is -1.35. The van der Waals surface area contributed by atoms with Crippen LogP contribution in [-0.2, 0) is 0 Å². The molecule has 0 saturated carbocycles. The minimum atomic E-state index is 0.745. The Morgan fingerprint density at radius 3 is 2.82 bits per heavy atom. The topological polar surface area (TPSA) is 38.4 Å². The summed E-state index contributed by atoms with van der Waals surface area (Å²) in [5.74, 6) is 1.12. The van der Waals surface area contributed by atoms with Crippen LogP contribution < -0.4 is 10.4 Å². The van der Waals surface area contributed by atoms with Gasteiger partial charge in [0.05, 0.1) is 19.2 Å². The maximum atomic E-state index is 5.81. The molecule has 0 spiro atoms. The predicted octanol–water partition coefficient (Wildman–Crippen LogP) is 1.32. The highest BCUT2D eigenvalue weighted by Crippen LogP contribution is 2.07. The third kappa shape index (κ3) is 4.19. The highest BCUT2D eigenvalue weighted by molar-refractivity contribution is 6.30. The number of hydrogen-bond acceptors (Lipinski definition) is 2. The van der Waals surface area contributed by atoms with Crippen LogP contribution in [0.2, 0.25) is 5.02 Å². The first kappa shape index (κ1) is 12.1. The summed E-state index contributed by atoms with van der Waals surface area (Å²) in [6.07, 6.45) is 6.62. The third-order valence-corrected chi connectivity index (χ3v) is 2.98. The van der Waals surface area contributed by atoms with Crippen LogP contribution >= 0.6 is 11.6 Å². The maximum Gasteiger partial charge on any atom is 0.267 e. The van der Waals surface area contributed by atoms with Crippen molar-refractivity contribution in [2.24, 2.45) is 5.10 Å². The first-order valence-corrected chi connectivity index (χ1v) is 6.37. The van der Waals surface area contributed by atoms with E-state index in [9.17, 15) is 0 Å². The van der Waals surface area contributed by atoms with E-state index in [1.54, 1.807) is 6.21 Å². The van der Waals surface area contributed by atoms with Gasteiger partial charge in [-0.3, -0.25) is 4.99 Å². The Kier molecular flexibility index (Phi) is 4.56. The van der Waals surface area contributed by atoms with Crippen LogP contribution in [0.15, 0.2) is 29.4 Å². The van der Waals surface area contributed by atoms with Crippen molar-refractivity contribution in [3.05, 3.63) is 34.9 Å². The summed E-state index contributed by atoms with van der Waals surface area (Å²) in [5, 5.41) is 4.96. The lowest BCUT2D eigenvalue weighted by atomic mass is 10.2. The van der Waals surface area contributed by atoms with Gasteiger partial charge in [-0.15, -0.1) is 0 Å². The molecule has 1 heterocycles. The second-order valence-corrected chi connectivity index (χ2v) is 4.57. The standard InChI is InChI=1S/C13H16ClN3/c14-12-7-5-11(6-8-12)10-16-17-13-4-2-1-3-9-15-13/h5-8,10H,1-4,9H2,(H,15,17)/p+1/b16-10+. The molecule has 2 N–H and O–H groups in total. The first-order chi connectivity index (χ1) is 8.34. The van der Waals surface area contributed by atoms with Crippen molar-refractivity contribution >= 4 is 23.7 Å². The van der Waals surface area contributed by atoms with E-state index >= 15 is 0 Å². The molecule has 0 aromatic heterocycles. The van der Waals surface area contributed by atoms with Gasteiger partial charge < -0.3 is 0 Å². The third-order valence-electron chi connectivity index (χ3n) is 2.73. The molecule has 1 aromatic rings. The van der Waals surface area contributed by atoms with E-state index in [4.69, 9.17) is 11.6 Å². The van der Waals surface area contributed by atoms with Crippen molar-refractivity contribution in [3.8, 4) is 0 Å². The molecule has 4 heteroatoms. The molecule has 1 aliphatic rings. The van der Waals surface area contributed by atoms with E-state index in [1.165, 1.54) is 19.3 Å². The lowest BCUT2D eigenvalue weighted by Gasteiger charge is -1.94. The zero-order valence-electron chi connectivity index (χ0n) is 9.75. The Morgan fingerprint density at radius 2 is 2.00 bits per heavy atom. The molecule has 0 fully saturated rings. The molecule has 2 rings (SSSR count). The molecule has 0 radical (unpaired) electrons. The van der Waals surface area contributed by atoms with Gasteiger partial charge in [-0.2, -0.15) is 5.43 Å². The summed E-state index contributed by atoms with van der Waals surface area (Å²) < 4.78 is 0. The normalized spacial score (nSPS) is 16.6. The van der Waals surface area contributed by atoms with Gasteiger partial charge in [0, 0.05) is 5.02 Å². The highest BCUT2D eigenvalue weighted by atomic mass is 35.5. The molecule has 0 bridgehead atoms. The van der Waals surface area contributed by atoms with E-state index < -0.39 is 0 Å². The van der Waals surface area contributed by atoms with Gasteiger partial charge in [-0.25, -0.2) is 0 Å². The zero-order chi connectivity index (χ0) is 11.9. The lowest BCUT2D eigenvalue weighted by molar-refractivity contribution is -0.459. The summed E-state index contributed by atoms with van der Waals surface area (Å²) in [6.45, 7) is 1.04. The second-order valence-electron chi connectivity index (χ2n) is 4.14. The number of halogens is 1. The molecule has 0 atom stereocenters. The lowest BCUT2D eigenvalue weighted by Crippen LogP contribution is -2.75. The van der Waals surface area contributed by atoms with Gasteiger partial charge in [0.1, 0.15) is 0 Å². The van der Waals surface area contributed by atoms with Gasteiger partial charge >= 0.3 is 0 Å². The van der Waals surface area contributed by atoms with E-state index in [-0.39, 0.29) is 0 Å². The second kappa shape index (κ2) is 6.40. The van der Waals surface area contributed by atoms with Crippen molar-refractivity contribution in [3.63, 3.8) is 0 Å². The zero-order valence-corrected chi connectivity index (χ0v) is 10.5. The Labute approximate surface area is 107 Å². The van der Waals surface area contributed by atoms with Crippen molar-refractivity contribution in [1.82, 2.24) is 5.43 Å². The Morgan fingerprint density at radius 1 is 1.18 bits per heavy atom. The quantitative estimate of drug-likeness (QED) is 0.603. The summed E-state index contributed by atoms with van der Waals surface area (Å²) in [5.41, 5.74) is 4.10. The van der Waals surface area contributed by atoms with Crippen LogP contribution in [-0.4, -0.2) is 18.6 Å². The largest absolute Gasteiger partial charge is 0.277 e. The van der Waals surface area contributed by atoms with Crippen LogP contribution in [0.25, 0.3) is 0 Å². The molecule has 1 aliphatic heterocycles. The van der Waals surface area contributed by atoms with Crippen LogP contribution in [0, 0.1) is 0 Å². The summed E-state index contributed by atoms with van der Waals surface area (Å²) in [7, 11) is 0. The van der Waals surface area contributed by atoms with Crippen molar-refractivity contribution in [1.29, 1.82) is 0 Å². The SMILES string of the molecule is Clc1ccc(/C=N/NC2=[NH+]CCCCC2)cc1. The fraction of sp³-hybridized carbons (Fsp3) is 0.385. The summed E-state index contributed by atoms with van der Waals surface area (Å²) in [4.78, 5) is 3.35.